The van der Waals surface area contributed by atoms with Gasteiger partial charge in [0.25, 0.3) is 0 Å². The Hall–Kier alpha value is -4.42. The summed E-state index contributed by atoms with van der Waals surface area (Å²) in [4.78, 5) is 34.6. The number of hydrogen-bond donors (Lipinski definition) is 0. The molecule has 0 unspecified atom stereocenters. The van der Waals surface area contributed by atoms with Crippen molar-refractivity contribution in [2.75, 3.05) is 12.0 Å². The number of anilines is 1. The third-order valence-corrected chi connectivity index (χ3v) is 8.65. The highest BCUT2D eigenvalue weighted by Gasteiger charge is 2.28. The highest BCUT2D eigenvalue weighted by molar-refractivity contribution is 7.92. The van der Waals surface area contributed by atoms with Crippen LogP contribution in [0, 0.1) is 6.92 Å². The quantitative estimate of drug-likeness (QED) is 0.187. The van der Waals surface area contributed by atoms with Crippen LogP contribution in [0.2, 0.25) is 0 Å². The third-order valence-electron chi connectivity index (χ3n) is 6.51. The minimum absolute atomic E-state index is 0.0291. The van der Waals surface area contributed by atoms with E-state index in [2.05, 4.69) is 15.1 Å². The van der Waals surface area contributed by atoms with Crippen LogP contribution in [0.4, 0.5) is 10.6 Å². The topological polar surface area (TPSA) is 142 Å². The molecule has 2 amide bonds. The maximum Gasteiger partial charge on any atom is 0.422 e. The zero-order valence-electron chi connectivity index (χ0n) is 28.0. The molecule has 3 aromatic heterocycles. The zero-order valence-corrected chi connectivity index (χ0v) is 28.8. The second-order valence-electron chi connectivity index (χ2n) is 12.8. The van der Waals surface area contributed by atoms with Crippen LogP contribution in [-0.2, 0) is 24.1 Å². The van der Waals surface area contributed by atoms with E-state index in [-0.39, 0.29) is 27.6 Å². The summed E-state index contributed by atoms with van der Waals surface area (Å²) in [6.07, 6.45) is 2.13. The molecule has 0 aliphatic heterocycles. The van der Waals surface area contributed by atoms with Gasteiger partial charge < -0.3 is 14.0 Å². The number of aromatic nitrogens is 3. The number of pyridine rings is 2. The smallest absolute Gasteiger partial charge is 0.422 e. The van der Waals surface area contributed by atoms with Crippen molar-refractivity contribution in [2.45, 2.75) is 83.7 Å². The molecule has 0 saturated carbocycles. The molecule has 0 N–H and O–H groups in total. The molecule has 46 heavy (non-hydrogen) atoms. The van der Waals surface area contributed by atoms with E-state index in [4.69, 9.17) is 14.0 Å². The molecule has 0 saturated heterocycles. The van der Waals surface area contributed by atoms with Gasteiger partial charge in [-0.1, -0.05) is 35.0 Å². The second-order valence-corrected chi connectivity index (χ2v) is 15.3. The number of carbonyl (C=O) groups excluding carboxylic acids is 2. The summed E-state index contributed by atoms with van der Waals surface area (Å²) in [7, 11) is -1.79. The highest BCUT2D eigenvalue weighted by atomic mass is 32.2. The number of sulfone groups is 1. The SMILES string of the molecule is COC(C)(C)C.Cc1ccc(-c2cc(-c3cc(-c4ccc(S(=O)(=O)C(C)C)cn4)cnc3N(C=O)C(=O)OC(C)(C)C)on2)cc1. The lowest BCUT2D eigenvalue weighted by molar-refractivity contribution is -0.107. The van der Waals surface area contributed by atoms with Crippen LogP contribution in [0.25, 0.3) is 33.8 Å². The highest BCUT2D eigenvalue weighted by Crippen LogP contribution is 2.35. The molecule has 0 fully saturated rings. The minimum Gasteiger partial charge on any atom is -0.443 e. The predicted octanol–water partition coefficient (Wildman–Crippen LogP) is 7.29. The van der Waals surface area contributed by atoms with Gasteiger partial charge in [0.2, 0.25) is 6.41 Å². The molecule has 11 nitrogen and oxygen atoms in total. The van der Waals surface area contributed by atoms with Gasteiger partial charge in [0, 0.05) is 36.7 Å². The number of methoxy groups -OCH3 is 1. The molecule has 4 rings (SSSR count). The van der Waals surface area contributed by atoms with Gasteiger partial charge in [-0.05, 0) is 80.5 Å². The van der Waals surface area contributed by atoms with Crippen molar-refractivity contribution in [3.8, 4) is 33.8 Å². The summed E-state index contributed by atoms with van der Waals surface area (Å²) in [5.74, 6) is 0.216. The maximum atomic E-state index is 12.9. The summed E-state index contributed by atoms with van der Waals surface area (Å²) < 4.78 is 41.0. The molecule has 0 spiro atoms. The van der Waals surface area contributed by atoms with E-state index < -0.39 is 26.8 Å². The summed E-state index contributed by atoms with van der Waals surface area (Å²) in [5.41, 5.74) is 2.83. The number of aryl methyl sites for hydroxylation is 1. The standard InChI is InChI=1S/C29H30N4O6S.C5H12O/c1-18(2)40(36,37)22-11-12-24(30-16-22)21-13-23(26-14-25(32-39-26)20-9-7-19(3)8-10-20)27(31-15-21)33(17-34)28(35)38-29(4,5)6;1-5(2,3)6-4/h7-18H,1-6H3;1-4H3. The van der Waals surface area contributed by atoms with Crippen molar-refractivity contribution in [3.05, 3.63) is 66.5 Å². The van der Waals surface area contributed by atoms with Crippen LogP contribution in [0.3, 0.4) is 0 Å². The van der Waals surface area contributed by atoms with Crippen molar-refractivity contribution in [2.24, 2.45) is 0 Å². The van der Waals surface area contributed by atoms with Gasteiger partial charge in [0.05, 0.1) is 27.0 Å². The minimum atomic E-state index is -3.50. The fourth-order valence-electron chi connectivity index (χ4n) is 3.72. The molecule has 246 valence electrons. The van der Waals surface area contributed by atoms with Gasteiger partial charge in [-0.2, -0.15) is 4.90 Å². The van der Waals surface area contributed by atoms with Gasteiger partial charge >= 0.3 is 6.09 Å². The fourth-order valence-corrected chi connectivity index (χ4v) is 4.72. The monoisotopic (exact) mass is 650 g/mol. The van der Waals surface area contributed by atoms with Crippen LogP contribution in [0.15, 0.2) is 70.3 Å². The zero-order chi connectivity index (χ0) is 34.4. The van der Waals surface area contributed by atoms with Gasteiger partial charge in [0.15, 0.2) is 21.4 Å². The number of rotatable bonds is 7. The Morgan fingerprint density at radius 2 is 1.52 bits per heavy atom. The first-order valence-corrected chi connectivity index (χ1v) is 16.2. The molecule has 0 aliphatic carbocycles. The molecule has 0 atom stereocenters. The lowest BCUT2D eigenvalue weighted by Crippen LogP contribution is -2.36. The lowest BCUT2D eigenvalue weighted by atomic mass is 10.1. The molecule has 0 aliphatic rings. The Kier molecular flexibility index (Phi) is 11.2. The normalized spacial score (nSPS) is 11.9. The third kappa shape index (κ3) is 9.30. The van der Waals surface area contributed by atoms with E-state index in [1.165, 1.54) is 18.5 Å². The molecule has 0 radical (unpaired) electrons. The fraction of sp³-hybridized carbons (Fsp3) is 0.382. The van der Waals surface area contributed by atoms with E-state index in [0.717, 1.165) is 16.0 Å². The Labute approximate surface area is 270 Å². The van der Waals surface area contributed by atoms with Crippen LogP contribution in [0.5, 0.6) is 0 Å². The Balaban J connectivity index is 0.000000875. The first-order chi connectivity index (χ1) is 21.4. The van der Waals surface area contributed by atoms with Crippen LogP contribution in [-0.4, -0.2) is 59.6 Å². The van der Waals surface area contributed by atoms with Crippen molar-refractivity contribution in [1.29, 1.82) is 0 Å². The molecule has 4 aromatic rings. The summed E-state index contributed by atoms with van der Waals surface area (Å²) >= 11 is 0. The van der Waals surface area contributed by atoms with Gasteiger partial charge in [0.1, 0.15) is 11.3 Å². The number of imide groups is 1. The van der Waals surface area contributed by atoms with E-state index in [9.17, 15) is 18.0 Å². The Morgan fingerprint density at radius 3 is 2.02 bits per heavy atom. The van der Waals surface area contributed by atoms with Crippen LogP contribution >= 0.6 is 0 Å². The van der Waals surface area contributed by atoms with E-state index >= 15 is 0 Å². The average molecular weight is 651 g/mol. The molecule has 12 heteroatoms. The molecule has 0 bridgehead atoms. The molecular weight excluding hydrogens is 608 g/mol. The summed E-state index contributed by atoms with van der Waals surface area (Å²) in [5, 5.41) is 3.58. The van der Waals surface area contributed by atoms with E-state index in [0.29, 0.717) is 23.4 Å². The number of amides is 2. The Bertz CT molecular complexity index is 1750. The maximum absolute atomic E-state index is 12.9. The average Bonchev–Trinajstić information content (AvgIpc) is 3.47. The van der Waals surface area contributed by atoms with Crippen molar-refractivity contribution < 1.29 is 32.0 Å². The molecular formula is C34H42N4O7S. The Morgan fingerprint density at radius 1 is 0.891 bits per heavy atom. The largest absolute Gasteiger partial charge is 0.443 e. The number of benzene rings is 1. The molecule has 3 heterocycles. The lowest BCUT2D eigenvalue weighted by Gasteiger charge is -2.24. The first-order valence-electron chi connectivity index (χ1n) is 14.6. The van der Waals surface area contributed by atoms with Gasteiger partial charge in [-0.25, -0.2) is 18.2 Å². The van der Waals surface area contributed by atoms with E-state index in [1.54, 1.807) is 59.9 Å². The van der Waals surface area contributed by atoms with E-state index in [1.807, 2.05) is 52.0 Å². The number of nitrogens with zero attached hydrogens (tertiary/aromatic N) is 4. The summed E-state index contributed by atoms with van der Waals surface area (Å²) in [6, 6.07) is 14.1. The van der Waals surface area contributed by atoms with Crippen molar-refractivity contribution >= 4 is 28.2 Å². The number of ether oxygens (including phenoxy) is 2. The van der Waals surface area contributed by atoms with Gasteiger partial charge in [-0.3, -0.25) is 9.78 Å². The van der Waals surface area contributed by atoms with Crippen molar-refractivity contribution in [3.63, 3.8) is 0 Å². The summed E-state index contributed by atoms with van der Waals surface area (Å²) in [6.45, 7) is 16.3. The molecule has 1 aromatic carbocycles. The van der Waals surface area contributed by atoms with Crippen LogP contribution < -0.4 is 4.90 Å². The van der Waals surface area contributed by atoms with Gasteiger partial charge in [-0.15, -0.1) is 0 Å². The van der Waals surface area contributed by atoms with Crippen LogP contribution in [0.1, 0.15) is 61.0 Å². The predicted molar refractivity (Wildman–Crippen MR) is 177 cm³/mol. The van der Waals surface area contributed by atoms with Crippen molar-refractivity contribution in [1.82, 2.24) is 15.1 Å². The second kappa shape index (κ2) is 14.3. The first kappa shape index (κ1) is 36.1. The number of hydrogen-bond acceptors (Lipinski definition) is 10. The number of carbonyl (C=O) groups is 2.